The van der Waals surface area contributed by atoms with Crippen molar-refractivity contribution in [3.63, 3.8) is 0 Å². The molecule has 45 heavy (non-hydrogen) atoms. The van der Waals surface area contributed by atoms with Gasteiger partial charge in [-0.15, -0.1) is 10.2 Å². The molecule has 2 amide bonds. The molecule has 1 atom stereocenters. The Morgan fingerprint density at radius 3 is 2.36 bits per heavy atom. The Morgan fingerprint density at radius 1 is 0.956 bits per heavy atom. The van der Waals surface area contributed by atoms with Gasteiger partial charge in [0.05, 0.1) is 24.9 Å². The van der Waals surface area contributed by atoms with E-state index < -0.39 is 13.2 Å². The number of carbonyl (C=O) groups excluding carboxylic acids is 2. The highest BCUT2D eigenvalue weighted by molar-refractivity contribution is 6.58. The third kappa shape index (κ3) is 7.59. The second kappa shape index (κ2) is 14.5. The summed E-state index contributed by atoms with van der Waals surface area (Å²) in [7, 11) is 0.0449. The monoisotopic (exact) mass is 628 g/mol. The van der Waals surface area contributed by atoms with Crippen molar-refractivity contribution in [3.05, 3.63) is 100 Å². The quantitative estimate of drug-likeness (QED) is 0.139. The number of fused-ring (bicyclic) bond motifs is 3. The number of aromatic nitrogens is 3. The van der Waals surface area contributed by atoms with Crippen LogP contribution in [0.25, 0.3) is 5.69 Å². The van der Waals surface area contributed by atoms with Gasteiger partial charge < -0.3 is 25.4 Å². The highest BCUT2D eigenvalue weighted by Crippen LogP contribution is 2.34. The molecule has 1 aliphatic rings. The van der Waals surface area contributed by atoms with Gasteiger partial charge in [-0.05, 0) is 74.1 Å². The maximum absolute atomic E-state index is 13.1. The molecule has 1 unspecified atom stereocenters. The average Bonchev–Trinajstić information content (AvgIpc) is 3.37. The number of benzene rings is 3. The molecule has 1 aliphatic heterocycles. The van der Waals surface area contributed by atoms with Crippen molar-refractivity contribution < 1.29 is 24.4 Å². The second-order valence-corrected chi connectivity index (χ2v) is 11.1. The number of amides is 2. The molecule has 4 N–H and O–H groups in total. The first-order valence-electron chi connectivity index (χ1n) is 14.7. The number of rotatable bonds is 12. The maximum atomic E-state index is 13.1. The first-order chi connectivity index (χ1) is 21.7. The van der Waals surface area contributed by atoms with Gasteiger partial charge in [0.1, 0.15) is 17.6 Å². The molecule has 5 rings (SSSR count). The maximum Gasteiger partial charge on any atom is 0.488 e. The van der Waals surface area contributed by atoms with Crippen molar-refractivity contribution in [2.45, 2.75) is 38.6 Å². The summed E-state index contributed by atoms with van der Waals surface area (Å²) in [5.74, 6) is 1.56. The number of aliphatic imine (C=N–C) groups is 1. The summed E-state index contributed by atoms with van der Waals surface area (Å²) in [5, 5.41) is 33.6. The lowest BCUT2D eigenvalue weighted by atomic mass is 9.80. The number of nitrogens with zero attached hydrogens (tertiary/aromatic N) is 4. The molecule has 2 heterocycles. The van der Waals surface area contributed by atoms with E-state index in [-0.39, 0.29) is 18.2 Å². The van der Waals surface area contributed by atoms with E-state index in [9.17, 15) is 19.6 Å². The minimum absolute atomic E-state index is 0.0858. The van der Waals surface area contributed by atoms with Gasteiger partial charge in [-0.2, -0.15) is 0 Å². The summed E-state index contributed by atoms with van der Waals surface area (Å²) in [5.41, 5.74) is 4.00. The van der Waals surface area contributed by atoms with E-state index in [0.717, 1.165) is 36.1 Å². The summed E-state index contributed by atoms with van der Waals surface area (Å²) >= 11 is 6.18. The van der Waals surface area contributed by atoms with E-state index in [1.54, 1.807) is 19.2 Å². The molecule has 1 aromatic heterocycles. The molecular weight excluding hydrogens is 595 g/mol. The fourth-order valence-electron chi connectivity index (χ4n) is 5.19. The van der Waals surface area contributed by atoms with Gasteiger partial charge in [-0.1, -0.05) is 35.9 Å². The van der Waals surface area contributed by atoms with Crippen molar-refractivity contribution >= 4 is 41.7 Å². The van der Waals surface area contributed by atoms with E-state index in [2.05, 4.69) is 20.8 Å². The summed E-state index contributed by atoms with van der Waals surface area (Å²) < 4.78 is 7.46. The Kier molecular flexibility index (Phi) is 10.3. The van der Waals surface area contributed by atoms with Crippen LogP contribution in [0.5, 0.6) is 5.75 Å². The Morgan fingerprint density at radius 2 is 1.67 bits per heavy atom. The third-order valence-electron chi connectivity index (χ3n) is 7.56. The Bertz CT molecular complexity index is 1690. The summed E-state index contributed by atoms with van der Waals surface area (Å²) in [6.45, 7) is 2.85. The van der Waals surface area contributed by atoms with Gasteiger partial charge in [-0.25, -0.2) is 0 Å². The van der Waals surface area contributed by atoms with Gasteiger partial charge in [0.25, 0.3) is 5.91 Å². The lowest BCUT2D eigenvalue weighted by Crippen LogP contribution is -2.30. The van der Waals surface area contributed by atoms with E-state index in [1.807, 2.05) is 54.0 Å². The first kappa shape index (κ1) is 31.9. The van der Waals surface area contributed by atoms with Crippen LogP contribution in [0.3, 0.4) is 0 Å². The smallest absolute Gasteiger partial charge is 0.488 e. The van der Waals surface area contributed by atoms with Crippen molar-refractivity contribution in [1.29, 1.82) is 0 Å². The molecule has 0 aliphatic carbocycles. The fraction of sp³-hybridized carbons (Fsp3) is 0.281. The van der Waals surface area contributed by atoms with Crippen LogP contribution in [-0.4, -0.2) is 69.7 Å². The lowest BCUT2D eigenvalue weighted by Gasteiger charge is -2.14. The number of halogens is 1. The van der Waals surface area contributed by atoms with Gasteiger partial charge in [0.15, 0.2) is 5.82 Å². The van der Waals surface area contributed by atoms with Crippen LogP contribution in [0.15, 0.2) is 71.7 Å². The van der Waals surface area contributed by atoms with Crippen molar-refractivity contribution in [2.24, 2.45) is 4.99 Å². The predicted octanol–water partition coefficient (Wildman–Crippen LogP) is 2.92. The molecule has 0 fully saturated rings. The highest BCUT2D eigenvalue weighted by Gasteiger charge is 2.30. The molecule has 3 aromatic carbocycles. The highest BCUT2D eigenvalue weighted by atomic mass is 35.5. The molecule has 0 spiro atoms. The summed E-state index contributed by atoms with van der Waals surface area (Å²) in [6, 6.07) is 18.7. The zero-order valence-corrected chi connectivity index (χ0v) is 25.8. The molecular formula is C32H34BClN6O5. The second-order valence-electron chi connectivity index (χ2n) is 10.7. The number of hydrogen-bond acceptors (Lipinski definition) is 8. The number of unbranched alkanes of at least 4 members (excludes halogenated alkanes) is 2. The van der Waals surface area contributed by atoms with Crippen LogP contribution in [0.4, 0.5) is 0 Å². The van der Waals surface area contributed by atoms with Crippen molar-refractivity contribution in [1.82, 2.24) is 25.4 Å². The molecule has 0 saturated heterocycles. The molecule has 0 bridgehead atoms. The topological polar surface area (TPSA) is 151 Å². The molecule has 11 nitrogen and oxygen atoms in total. The van der Waals surface area contributed by atoms with E-state index in [1.165, 1.54) is 12.1 Å². The van der Waals surface area contributed by atoms with Crippen LogP contribution in [0, 0.1) is 6.92 Å². The van der Waals surface area contributed by atoms with Gasteiger partial charge in [0, 0.05) is 34.8 Å². The van der Waals surface area contributed by atoms with Crippen LogP contribution < -0.4 is 20.8 Å². The summed E-state index contributed by atoms with van der Waals surface area (Å²) in [6.07, 6.45) is 2.39. The van der Waals surface area contributed by atoms with E-state index >= 15 is 0 Å². The van der Waals surface area contributed by atoms with E-state index in [0.29, 0.717) is 52.2 Å². The minimum Gasteiger partial charge on any atom is -0.497 e. The number of carbonyl (C=O) groups is 2. The molecule has 4 aromatic rings. The van der Waals surface area contributed by atoms with Crippen LogP contribution >= 0.6 is 11.6 Å². The number of ether oxygens (including phenoxy) is 1. The zero-order valence-electron chi connectivity index (χ0n) is 25.0. The number of methoxy groups -OCH3 is 1. The van der Waals surface area contributed by atoms with Gasteiger partial charge >= 0.3 is 7.12 Å². The standard InChI is InChI=1S/C32H34BClN6O5/c1-20-38-39-31-27(19-29(41)35-16-4-3-5-17-36-32(42)22-6-10-23(11-7-22)33(43)44)37-30(21-8-12-24(34)13-9-21)26-18-25(45-2)14-15-28(26)40(20)31/h6-15,18,27,43-44H,3-5,16-17,19H2,1-2H3,(H,35,41)(H,36,42). The van der Waals surface area contributed by atoms with E-state index in [4.69, 9.17) is 21.3 Å². The number of aryl methyl sites for hydroxylation is 1. The van der Waals surface area contributed by atoms with Crippen molar-refractivity contribution in [3.8, 4) is 11.4 Å². The Balaban J connectivity index is 1.20. The average molecular weight is 629 g/mol. The van der Waals surface area contributed by atoms with Crippen molar-refractivity contribution in [2.75, 3.05) is 20.2 Å². The Labute approximate surface area is 266 Å². The van der Waals surface area contributed by atoms with Gasteiger partial charge in [0.2, 0.25) is 5.91 Å². The number of nitrogens with one attached hydrogen (secondary N) is 2. The number of hydrogen-bond donors (Lipinski definition) is 4. The van der Waals surface area contributed by atoms with Crippen LogP contribution in [0.1, 0.15) is 64.9 Å². The first-order valence-corrected chi connectivity index (χ1v) is 15.1. The van der Waals surface area contributed by atoms with Gasteiger partial charge in [-0.3, -0.25) is 19.1 Å². The predicted molar refractivity (Wildman–Crippen MR) is 173 cm³/mol. The minimum atomic E-state index is -1.57. The third-order valence-corrected chi connectivity index (χ3v) is 7.81. The zero-order chi connectivity index (χ0) is 31.9. The van der Waals surface area contributed by atoms with Crippen LogP contribution in [0.2, 0.25) is 5.02 Å². The normalized spacial score (nSPS) is 13.6. The fourth-order valence-corrected chi connectivity index (χ4v) is 5.32. The molecule has 13 heteroatoms. The molecule has 232 valence electrons. The Hall–Kier alpha value is -4.52. The van der Waals surface area contributed by atoms with Crippen LogP contribution in [-0.2, 0) is 4.79 Å². The largest absolute Gasteiger partial charge is 0.497 e. The SMILES string of the molecule is COc1ccc2c(c1)C(c1ccc(Cl)cc1)=NC(CC(=O)NCCCCCNC(=O)c1ccc(B(O)O)cc1)c1nnc(C)n1-2. The lowest BCUT2D eigenvalue weighted by molar-refractivity contribution is -0.121. The summed E-state index contributed by atoms with van der Waals surface area (Å²) in [4.78, 5) is 30.5. The molecule has 0 radical (unpaired) electrons. The molecule has 0 saturated carbocycles.